The molecule has 0 radical (unpaired) electrons. The summed E-state index contributed by atoms with van der Waals surface area (Å²) in [5.41, 5.74) is -3.47. The molecule has 1 fully saturated rings. The van der Waals surface area contributed by atoms with Crippen LogP contribution in [0.2, 0.25) is 0 Å². The fraction of sp³-hybridized carbons (Fsp3) is 0.538. The molecule has 1 saturated heterocycles. The molecule has 0 spiro atoms. The van der Waals surface area contributed by atoms with Gasteiger partial charge in [-0.1, -0.05) is 0 Å². The lowest BCUT2D eigenvalue weighted by atomic mass is 9.98. The summed E-state index contributed by atoms with van der Waals surface area (Å²) in [4.78, 5) is 0. The lowest BCUT2D eigenvalue weighted by molar-refractivity contribution is -0.221. The van der Waals surface area contributed by atoms with E-state index in [-0.39, 0.29) is 5.75 Å². The van der Waals surface area contributed by atoms with Gasteiger partial charge in [0.05, 0.1) is 6.61 Å². The first-order valence-corrected chi connectivity index (χ1v) is 7.02. The smallest absolute Gasteiger partial charge is 0.420 e. The molecule has 0 bridgehead atoms. The van der Waals surface area contributed by atoms with Crippen molar-refractivity contribution in [3.8, 4) is 5.75 Å². The van der Waals surface area contributed by atoms with Gasteiger partial charge >= 0.3 is 5.57 Å². The molecule has 1 aliphatic rings. The number of nitrogens with one attached hydrogen (secondary N) is 1. The molecule has 130 valence electrons. The van der Waals surface area contributed by atoms with E-state index in [1.165, 1.54) is 24.3 Å². The summed E-state index contributed by atoms with van der Waals surface area (Å²) >= 11 is 4.64. The van der Waals surface area contributed by atoms with Gasteiger partial charge in [-0.05, 0) is 24.3 Å². The first-order chi connectivity index (χ1) is 10.7. The van der Waals surface area contributed by atoms with E-state index >= 15 is 0 Å². The number of rotatable bonds is 5. The van der Waals surface area contributed by atoms with E-state index < -0.39 is 42.8 Å². The van der Waals surface area contributed by atoms with Crippen LogP contribution in [-0.4, -0.2) is 63.2 Å². The molecule has 2 rings (SSSR count). The van der Waals surface area contributed by atoms with E-state index in [1.54, 1.807) is 0 Å². The van der Waals surface area contributed by atoms with Crippen LogP contribution >= 0.6 is 11.6 Å². The summed E-state index contributed by atoms with van der Waals surface area (Å²) in [7, 11) is 0. The van der Waals surface area contributed by atoms with Gasteiger partial charge in [-0.3, -0.25) is 0 Å². The van der Waals surface area contributed by atoms with E-state index in [4.69, 9.17) is 9.84 Å². The first kappa shape index (κ1) is 18.1. The monoisotopic (exact) mass is 355 g/mol. The van der Waals surface area contributed by atoms with Gasteiger partial charge in [-0.15, -0.1) is 8.78 Å². The number of hydrogen-bond acceptors (Lipinski definition) is 7. The third-order valence-corrected chi connectivity index (χ3v) is 3.37. The fourth-order valence-corrected chi connectivity index (χ4v) is 2.23. The summed E-state index contributed by atoms with van der Waals surface area (Å²) in [6, 6.07) is 5.14. The molecule has 1 aromatic rings. The maximum absolute atomic E-state index is 12.5. The number of anilines is 1. The Kier molecular flexibility index (Phi) is 5.61. The minimum Gasteiger partial charge on any atom is -0.420 e. The summed E-state index contributed by atoms with van der Waals surface area (Å²) in [5.74, 6) is -0.177. The maximum atomic E-state index is 12.5. The molecular weight excluding hydrogens is 340 g/mol. The minimum absolute atomic E-state index is 0.177. The van der Waals surface area contributed by atoms with Gasteiger partial charge in [-0.2, -0.15) is 0 Å². The topological polar surface area (TPSA) is 111 Å². The number of ether oxygens (including phenoxy) is 2. The van der Waals surface area contributed by atoms with Crippen LogP contribution in [0.4, 0.5) is 14.5 Å². The van der Waals surface area contributed by atoms with Gasteiger partial charge in [0.2, 0.25) is 0 Å². The number of alkyl halides is 3. The Labute approximate surface area is 135 Å². The summed E-state index contributed by atoms with van der Waals surface area (Å²) < 4.78 is 34.4. The summed E-state index contributed by atoms with van der Waals surface area (Å²) in [6.45, 7) is -0.555. The highest BCUT2D eigenvalue weighted by Crippen LogP contribution is 2.27. The van der Waals surface area contributed by atoms with Crippen molar-refractivity contribution in [1.82, 2.24) is 0 Å². The molecule has 10 heteroatoms. The SMILES string of the molecule is OC[C@@H]1O[C@H](Nc2ccc(OC(F)(F)Cl)cc2)[C@H](O)[C@H](O)[C@H]1O. The molecule has 0 aliphatic carbocycles. The van der Waals surface area contributed by atoms with E-state index in [0.29, 0.717) is 5.69 Å². The van der Waals surface area contributed by atoms with Gasteiger partial charge in [-0.25, -0.2) is 0 Å². The number of benzene rings is 1. The molecule has 0 unspecified atom stereocenters. The zero-order valence-corrected chi connectivity index (χ0v) is 12.4. The van der Waals surface area contributed by atoms with Crippen molar-refractivity contribution in [2.24, 2.45) is 0 Å². The molecule has 23 heavy (non-hydrogen) atoms. The lowest BCUT2D eigenvalue weighted by Crippen LogP contribution is -2.60. The van der Waals surface area contributed by atoms with E-state index in [2.05, 4.69) is 21.7 Å². The van der Waals surface area contributed by atoms with Crippen molar-refractivity contribution in [2.75, 3.05) is 11.9 Å². The Morgan fingerprint density at radius 1 is 1.13 bits per heavy atom. The molecule has 0 saturated carbocycles. The van der Waals surface area contributed by atoms with Crippen molar-refractivity contribution in [2.45, 2.75) is 36.2 Å². The van der Waals surface area contributed by atoms with Crippen molar-refractivity contribution < 1.29 is 38.7 Å². The Morgan fingerprint density at radius 3 is 2.26 bits per heavy atom. The third-order valence-electron chi connectivity index (χ3n) is 3.29. The van der Waals surface area contributed by atoms with Crippen LogP contribution in [0.15, 0.2) is 24.3 Å². The average Bonchev–Trinajstić information content (AvgIpc) is 2.48. The predicted molar refractivity (Wildman–Crippen MR) is 75.3 cm³/mol. The van der Waals surface area contributed by atoms with Crippen molar-refractivity contribution >= 4 is 17.3 Å². The Balaban J connectivity index is 2.03. The second kappa shape index (κ2) is 7.12. The largest absolute Gasteiger partial charge is 0.487 e. The molecule has 5 N–H and O–H groups in total. The molecule has 5 atom stereocenters. The molecule has 1 aromatic carbocycles. The van der Waals surface area contributed by atoms with Gasteiger partial charge in [0, 0.05) is 17.3 Å². The molecule has 7 nitrogen and oxygen atoms in total. The highest BCUT2D eigenvalue weighted by molar-refractivity contribution is 6.20. The number of aliphatic hydroxyl groups is 4. The van der Waals surface area contributed by atoms with Gasteiger partial charge in [0.1, 0.15) is 30.2 Å². The molecule has 0 amide bonds. The van der Waals surface area contributed by atoms with E-state index in [0.717, 1.165) is 0 Å². The van der Waals surface area contributed by atoms with Crippen molar-refractivity contribution in [3.63, 3.8) is 0 Å². The number of aliphatic hydroxyl groups excluding tert-OH is 4. The fourth-order valence-electron chi connectivity index (χ4n) is 2.14. The molecule has 1 aliphatic heterocycles. The molecule has 1 heterocycles. The Bertz CT molecular complexity index is 512. The highest BCUT2D eigenvalue weighted by atomic mass is 35.5. The number of hydrogen-bond donors (Lipinski definition) is 5. The quantitative estimate of drug-likeness (QED) is 0.475. The highest BCUT2D eigenvalue weighted by Gasteiger charge is 2.43. The van der Waals surface area contributed by atoms with Gasteiger partial charge in [0.25, 0.3) is 0 Å². The van der Waals surface area contributed by atoms with Crippen LogP contribution in [-0.2, 0) is 4.74 Å². The van der Waals surface area contributed by atoms with Crippen molar-refractivity contribution in [3.05, 3.63) is 24.3 Å². The zero-order valence-electron chi connectivity index (χ0n) is 11.6. The van der Waals surface area contributed by atoms with Crippen LogP contribution < -0.4 is 10.1 Å². The Morgan fingerprint density at radius 2 is 1.74 bits per heavy atom. The maximum Gasteiger partial charge on any atom is 0.487 e. The van der Waals surface area contributed by atoms with E-state index in [9.17, 15) is 24.1 Å². The second-order valence-corrected chi connectivity index (χ2v) is 5.41. The standard InChI is InChI=1S/C13H16ClF2NO6/c14-13(15,16)23-7-3-1-6(2-4-7)17-12-11(21)10(20)9(19)8(5-18)22-12/h1-4,8-12,17-21H,5H2/t8-,9-,10+,11+,12-/m0/s1. The first-order valence-electron chi connectivity index (χ1n) is 6.64. The normalized spacial score (nSPS) is 31.7. The second-order valence-electron chi connectivity index (χ2n) is 4.97. The van der Waals surface area contributed by atoms with Gasteiger partial charge < -0.3 is 35.2 Å². The van der Waals surface area contributed by atoms with Crippen LogP contribution in [0, 0.1) is 0 Å². The molecule has 0 aromatic heterocycles. The minimum atomic E-state index is -3.83. The summed E-state index contributed by atoms with van der Waals surface area (Å²) in [6.07, 6.45) is -6.61. The van der Waals surface area contributed by atoms with Crippen LogP contribution in [0.5, 0.6) is 5.75 Å². The van der Waals surface area contributed by atoms with Crippen LogP contribution in [0.25, 0.3) is 0 Å². The van der Waals surface area contributed by atoms with Gasteiger partial charge in [0.15, 0.2) is 6.23 Å². The van der Waals surface area contributed by atoms with E-state index in [1.807, 2.05) is 0 Å². The third kappa shape index (κ3) is 4.63. The summed E-state index contributed by atoms with van der Waals surface area (Å²) in [5, 5.41) is 41.0. The van der Waals surface area contributed by atoms with Crippen LogP contribution in [0.1, 0.15) is 0 Å². The van der Waals surface area contributed by atoms with Crippen LogP contribution in [0.3, 0.4) is 0 Å². The Hall–Kier alpha value is -1.23. The zero-order chi connectivity index (χ0) is 17.2. The van der Waals surface area contributed by atoms with Crippen molar-refractivity contribution in [1.29, 1.82) is 0 Å². The predicted octanol–water partition coefficient (Wildman–Crippen LogP) is 0.0663. The average molecular weight is 356 g/mol. The number of halogens is 3. The lowest BCUT2D eigenvalue weighted by Gasteiger charge is -2.40. The molecular formula is C13H16ClF2NO6.